The second kappa shape index (κ2) is 6.13. The lowest BCUT2D eigenvalue weighted by molar-refractivity contribution is -0.121. The number of hydrogen-bond acceptors (Lipinski definition) is 3. The van der Waals surface area contributed by atoms with Gasteiger partial charge in [-0.05, 0) is 17.5 Å². The topological polar surface area (TPSA) is 70.6 Å². The van der Waals surface area contributed by atoms with E-state index in [0.29, 0.717) is 19.4 Å². The zero-order chi connectivity index (χ0) is 13.7. The Bertz CT molecular complexity index is 506. The van der Waals surface area contributed by atoms with Crippen molar-refractivity contribution in [3.63, 3.8) is 0 Å². The Morgan fingerprint density at radius 2 is 2.05 bits per heavy atom. The molecule has 5 nitrogen and oxygen atoms in total. The van der Waals surface area contributed by atoms with Crippen LogP contribution >= 0.6 is 0 Å². The van der Waals surface area contributed by atoms with Gasteiger partial charge in [-0.3, -0.25) is 9.59 Å². The highest BCUT2D eigenvalue weighted by Crippen LogP contribution is 2.11. The van der Waals surface area contributed by atoms with Gasteiger partial charge in [0, 0.05) is 26.3 Å². The molecule has 1 aliphatic rings. The molecule has 5 heteroatoms. The Morgan fingerprint density at radius 3 is 2.63 bits per heavy atom. The number of benzene rings is 1. The number of hydrogen-bond donors (Lipinski definition) is 2. The smallest absolute Gasteiger partial charge is 0.240 e. The van der Waals surface area contributed by atoms with E-state index in [0.717, 1.165) is 23.3 Å². The van der Waals surface area contributed by atoms with Gasteiger partial charge >= 0.3 is 0 Å². The van der Waals surface area contributed by atoms with Gasteiger partial charge in [-0.1, -0.05) is 24.3 Å². The van der Waals surface area contributed by atoms with Crippen LogP contribution in [0.2, 0.25) is 0 Å². The predicted octanol–water partition coefficient (Wildman–Crippen LogP) is 0.979. The standard InChI is InChI=1S/C14H17N3O2/c1-10(18)15-9-8-11-2-4-12(5-3-11)13-6-7-14(19)17-16-13/h2-5H,6-9H2,1H3,(H,15,18)(H,17,19). The highest BCUT2D eigenvalue weighted by atomic mass is 16.2. The third-order valence-electron chi connectivity index (χ3n) is 2.98. The number of rotatable bonds is 4. The molecule has 2 rings (SSSR count). The summed E-state index contributed by atoms with van der Waals surface area (Å²) < 4.78 is 0. The molecule has 0 bridgehead atoms. The van der Waals surface area contributed by atoms with Gasteiger partial charge in [0.2, 0.25) is 11.8 Å². The van der Waals surface area contributed by atoms with Crippen molar-refractivity contribution < 1.29 is 9.59 Å². The average molecular weight is 259 g/mol. The molecule has 2 N–H and O–H groups in total. The highest BCUT2D eigenvalue weighted by molar-refractivity contribution is 6.04. The molecule has 0 atom stereocenters. The van der Waals surface area contributed by atoms with Crippen molar-refractivity contribution >= 4 is 17.5 Å². The summed E-state index contributed by atoms with van der Waals surface area (Å²) in [6.45, 7) is 2.16. The Morgan fingerprint density at radius 1 is 1.32 bits per heavy atom. The second-order valence-corrected chi connectivity index (χ2v) is 4.52. The lowest BCUT2D eigenvalue weighted by Crippen LogP contribution is -2.25. The van der Waals surface area contributed by atoms with Gasteiger partial charge in [-0.2, -0.15) is 5.10 Å². The largest absolute Gasteiger partial charge is 0.356 e. The monoisotopic (exact) mass is 259 g/mol. The van der Waals surface area contributed by atoms with Gasteiger partial charge in [0.1, 0.15) is 0 Å². The summed E-state index contributed by atoms with van der Waals surface area (Å²) in [5, 5.41) is 6.82. The molecule has 2 amide bonds. The molecule has 0 unspecified atom stereocenters. The summed E-state index contributed by atoms with van der Waals surface area (Å²) >= 11 is 0. The minimum atomic E-state index is -0.0318. The van der Waals surface area contributed by atoms with Crippen LogP contribution in [0.4, 0.5) is 0 Å². The van der Waals surface area contributed by atoms with Crippen LogP contribution in [0.15, 0.2) is 29.4 Å². The minimum absolute atomic E-state index is 0.0103. The molecule has 0 saturated carbocycles. The van der Waals surface area contributed by atoms with E-state index in [-0.39, 0.29) is 11.8 Å². The van der Waals surface area contributed by atoms with Crippen LogP contribution in [-0.4, -0.2) is 24.1 Å². The quantitative estimate of drug-likeness (QED) is 0.846. The summed E-state index contributed by atoms with van der Waals surface area (Å²) in [6.07, 6.45) is 1.98. The molecule has 0 saturated heterocycles. The van der Waals surface area contributed by atoms with Gasteiger partial charge in [0.25, 0.3) is 0 Å². The maximum Gasteiger partial charge on any atom is 0.240 e. The average Bonchev–Trinajstić information content (AvgIpc) is 2.40. The first-order valence-corrected chi connectivity index (χ1v) is 6.34. The molecule has 1 heterocycles. The van der Waals surface area contributed by atoms with E-state index >= 15 is 0 Å². The van der Waals surface area contributed by atoms with Gasteiger partial charge in [0.15, 0.2) is 0 Å². The molecule has 1 aliphatic heterocycles. The van der Waals surface area contributed by atoms with E-state index in [2.05, 4.69) is 15.8 Å². The van der Waals surface area contributed by atoms with Gasteiger partial charge in [0.05, 0.1) is 5.71 Å². The van der Waals surface area contributed by atoms with Gasteiger partial charge in [-0.25, -0.2) is 5.43 Å². The van der Waals surface area contributed by atoms with Crippen LogP contribution in [0.3, 0.4) is 0 Å². The highest BCUT2D eigenvalue weighted by Gasteiger charge is 2.12. The first-order chi connectivity index (χ1) is 9.15. The third kappa shape index (κ3) is 3.91. The van der Waals surface area contributed by atoms with Crippen molar-refractivity contribution in [1.29, 1.82) is 0 Å². The van der Waals surface area contributed by atoms with Gasteiger partial charge in [-0.15, -0.1) is 0 Å². The summed E-state index contributed by atoms with van der Waals surface area (Å²) in [5.41, 5.74) is 5.60. The van der Waals surface area contributed by atoms with Crippen molar-refractivity contribution in [2.45, 2.75) is 26.2 Å². The summed E-state index contributed by atoms with van der Waals surface area (Å²) in [7, 11) is 0. The molecule has 1 aromatic rings. The number of amides is 2. The van der Waals surface area contributed by atoms with Crippen LogP contribution in [0.25, 0.3) is 0 Å². The van der Waals surface area contributed by atoms with E-state index in [1.54, 1.807) is 0 Å². The molecule has 0 radical (unpaired) electrons. The number of nitrogens with one attached hydrogen (secondary N) is 2. The maximum absolute atomic E-state index is 11.0. The molecule has 0 fully saturated rings. The Labute approximate surface area is 112 Å². The Hall–Kier alpha value is -2.17. The first kappa shape index (κ1) is 13.3. The summed E-state index contributed by atoms with van der Waals surface area (Å²) in [5.74, 6) is -0.0420. The molecule has 0 spiro atoms. The van der Waals surface area contributed by atoms with Crippen molar-refractivity contribution in [1.82, 2.24) is 10.7 Å². The fourth-order valence-electron chi connectivity index (χ4n) is 1.93. The summed E-state index contributed by atoms with van der Waals surface area (Å²) in [4.78, 5) is 21.8. The van der Waals surface area contributed by atoms with E-state index in [1.807, 2.05) is 24.3 Å². The summed E-state index contributed by atoms with van der Waals surface area (Å²) in [6, 6.07) is 8.05. The molecular formula is C14H17N3O2. The maximum atomic E-state index is 11.0. The number of carbonyl (C=O) groups is 2. The van der Waals surface area contributed by atoms with E-state index in [4.69, 9.17) is 0 Å². The molecule has 19 heavy (non-hydrogen) atoms. The third-order valence-corrected chi connectivity index (χ3v) is 2.98. The van der Waals surface area contributed by atoms with Crippen molar-refractivity contribution in [2.24, 2.45) is 5.10 Å². The number of hydrazone groups is 1. The van der Waals surface area contributed by atoms with E-state index < -0.39 is 0 Å². The zero-order valence-electron chi connectivity index (χ0n) is 10.9. The Balaban J connectivity index is 1.94. The SMILES string of the molecule is CC(=O)NCCc1ccc(C2=NNC(=O)CC2)cc1. The van der Waals surface area contributed by atoms with Crippen molar-refractivity contribution in [3.8, 4) is 0 Å². The predicted molar refractivity (Wildman–Crippen MR) is 72.7 cm³/mol. The van der Waals surface area contributed by atoms with Crippen LogP contribution in [-0.2, 0) is 16.0 Å². The number of carbonyl (C=O) groups excluding carboxylic acids is 2. The zero-order valence-corrected chi connectivity index (χ0v) is 10.9. The lowest BCUT2D eigenvalue weighted by atomic mass is 10.0. The number of nitrogens with zero attached hydrogens (tertiary/aromatic N) is 1. The molecule has 1 aromatic carbocycles. The molecule has 0 aliphatic carbocycles. The van der Waals surface area contributed by atoms with E-state index in [9.17, 15) is 9.59 Å². The fraction of sp³-hybridized carbons (Fsp3) is 0.357. The van der Waals surface area contributed by atoms with Crippen LogP contribution in [0.1, 0.15) is 30.9 Å². The van der Waals surface area contributed by atoms with Crippen LogP contribution < -0.4 is 10.7 Å². The minimum Gasteiger partial charge on any atom is -0.356 e. The van der Waals surface area contributed by atoms with Gasteiger partial charge < -0.3 is 5.32 Å². The molecule has 100 valence electrons. The van der Waals surface area contributed by atoms with Crippen LogP contribution in [0.5, 0.6) is 0 Å². The van der Waals surface area contributed by atoms with Crippen LogP contribution in [0, 0.1) is 0 Å². The fourth-order valence-corrected chi connectivity index (χ4v) is 1.93. The first-order valence-electron chi connectivity index (χ1n) is 6.34. The molecule has 0 aromatic heterocycles. The second-order valence-electron chi connectivity index (χ2n) is 4.52. The Kier molecular flexibility index (Phi) is 4.28. The lowest BCUT2D eigenvalue weighted by Gasteiger charge is -2.12. The van der Waals surface area contributed by atoms with Crippen molar-refractivity contribution in [2.75, 3.05) is 6.54 Å². The van der Waals surface area contributed by atoms with E-state index in [1.165, 1.54) is 6.92 Å². The van der Waals surface area contributed by atoms with Crippen molar-refractivity contribution in [3.05, 3.63) is 35.4 Å². The normalized spacial score (nSPS) is 14.6. The molecular weight excluding hydrogens is 242 g/mol.